The van der Waals surface area contributed by atoms with Gasteiger partial charge in [-0.3, -0.25) is 9.69 Å². The molecular weight excluding hydrogens is 593 g/mol. The minimum atomic E-state index is -4.16. The van der Waals surface area contributed by atoms with Gasteiger partial charge in [0.1, 0.15) is 10.7 Å². The van der Waals surface area contributed by atoms with Crippen molar-refractivity contribution in [3.05, 3.63) is 76.2 Å². The highest BCUT2D eigenvalue weighted by Crippen LogP contribution is 2.33. The van der Waals surface area contributed by atoms with Crippen LogP contribution >= 0.6 is 23.2 Å². The number of morpholine rings is 1. The molecule has 10 nitrogen and oxygen atoms in total. The molecule has 5 rings (SSSR count). The fourth-order valence-corrected chi connectivity index (χ4v) is 6.89. The summed E-state index contributed by atoms with van der Waals surface area (Å²) in [6, 6.07) is 13.2. The Balaban J connectivity index is 1.38. The summed E-state index contributed by atoms with van der Waals surface area (Å²) in [5.74, 6) is 1.40. The highest BCUT2D eigenvalue weighted by molar-refractivity contribution is 7.89. The molecule has 1 aromatic heterocycles. The average molecular weight is 625 g/mol. The number of carbonyl (C=O) groups excluding carboxylic acids is 1. The van der Waals surface area contributed by atoms with E-state index in [4.69, 9.17) is 41.8 Å². The van der Waals surface area contributed by atoms with E-state index >= 15 is 0 Å². The molecule has 220 valence electrons. The van der Waals surface area contributed by atoms with Crippen molar-refractivity contribution in [2.45, 2.75) is 24.4 Å². The van der Waals surface area contributed by atoms with Crippen LogP contribution in [0.25, 0.3) is 0 Å². The van der Waals surface area contributed by atoms with E-state index in [-0.39, 0.29) is 47.9 Å². The van der Waals surface area contributed by atoms with Gasteiger partial charge in [0.2, 0.25) is 22.7 Å². The molecule has 1 amide bonds. The van der Waals surface area contributed by atoms with E-state index in [9.17, 15) is 13.2 Å². The van der Waals surface area contributed by atoms with Crippen molar-refractivity contribution in [3.63, 3.8) is 0 Å². The fraction of sp³-hybridized carbons (Fsp3) is 0.393. The van der Waals surface area contributed by atoms with E-state index in [0.717, 1.165) is 18.7 Å². The van der Waals surface area contributed by atoms with Crippen LogP contribution in [0.2, 0.25) is 10.0 Å². The largest absolute Gasteiger partial charge is 0.467 e. The highest BCUT2D eigenvalue weighted by atomic mass is 35.5. The molecular formula is C28H31Cl2N3O7S. The smallest absolute Gasteiger partial charge is 0.245 e. The molecule has 3 aromatic rings. The van der Waals surface area contributed by atoms with Crippen molar-refractivity contribution in [1.82, 2.24) is 14.1 Å². The van der Waals surface area contributed by atoms with Gasteiger partial charge < -0.3 is 23.5 Å². The van der Waals surface area contributed by atoms with Gasteiger partial charge in [0.15, 0.2) is 11.5 Å². The number of furan rings is 1. The Morgan fingerprint density at radius 1 is 0.976 bits per heavy atom. The lowest BCUT2D eigenvalue weighted by Gasteiger charge is -2.29. The summed E-state index contributed by atoms with van der Waals surface area (Å²) < 4.78 is 50.8. The van der Waals surface area contributed by atoms with Gasteiger partial charge in [0.05, 0.1) is 37.6 Å². The van der Waals surface area contributed by atoms with Crippen LogP contribution in [0.4, 0.5) is 0 Å². The first kappa shape index (κ1) is 29.7. The first-order valence-electron chi connectivity index (χ1n) is 13.2. The molecule has 2 aliphatic rings. The second-order valence-corrected chi connectivity index (χ2v) is 12.5. The summed E-state index contributed by atoms with van der Waals surface area (Å²) in [5.41, 5.74) is 0.800. The SMILES string of the molecule is O=C(CN(CCCN1CCOCC1)S(=O)(=O)c1cc(Cl)ccc1Cl)N(Cc1ccc2c(c1)OCO2)Cc1ccco1. The molecule has 1 saturated heterocycles. The van der Waals surface area contributed by atoms with Crippen LogP contribution in [0.5, 0.6) is 11.5 Å². The van der Waals surface area contributed by atoms with Crippen LogP contribution < -0.4 is 9.47 Å². The van der Waals surface area contributed by atoms with Crippen LogP contribution in [0.1, 0.15) is 17.7 Å². The Morgan fingerprint density at radius 2 is 1.78 bits per heavy atom. The second kappa shape index (κ2) is 13.5. The van der Waals surface area contributed by atoms with Gasteiger partial charge in [-0.05, 0) is 61.0 Å². The molecule has 2 aliphatic heterocycles. The zero-order valence-electron chi connectivity index (χ0n) is 22.3. The minimum Gasteiger partial charge on any atom is -0.467 e. The third-order valence-corrected chi connectivity index (χ3v) is 9.46. The number of nitrogens with zero attached hydrogens (tertiary/aromatic N) is 3. The minimum absolute atomic E-state index is 0.0350. The van der Waals surface area contributed by atoms with Gasteiger partial charge in [-0.25, -0.2) is 8.42 Å². The maximum Gasteiger partial charge on any atom is 0.245 e. The number of halogens is 2. The molecule has 0 atom stereocenters. The van der Waals surface area contributed by atoms with Gasteiger partial charge in [-0.2, -0.15) is 4.31 Å². The monoisotopic (exact) mass is 623 g/mol. The van der Waals surface area contributed by atoms with Gasteiger partial charge in [0.25, 0.3) is 0 Å². The number of carbonyl (C=O) groups is 1. The number of fused-ring (bicyclic) bond motifs is 1. The lowest BCUT2D eigenvalue weighted by atomic mass is 10.2. The normalized spacial score (nSPS) is 15.4. The third kappa shape index (κ3) is 7.54. The highest BCUT2D eigenvalue weighted by Gasteiger charge is 2.31. The number of benzene rings is 2. The topological polar surface area (TPSA) is 102 Å². The molecule has 0 aliphatic carbocycles. The summed E-state index contributed by atoms with van der Waals surface area (Å²) in [6.07, 6.45) is 2.05. The van der Waals surface area contributed by atoms with E-state index in [2.05, 4.69) is 4.90 Å². The lowest BCUT2D eigenvalue weighted by molar-refractivity contribution is -0.133. The fourth-order valence-electron chi connectivity index (χ4n) is 4.73. The predicted molar refractivity (Wildman–Crippen MR) is 153 cm³/mol. The molecule has 0 bridgehead atoms. The standard InChI is InChI=1S/C28H31Cl2N3O7S/c29-22-5-6-24(30)27(16-22)41(35,36)33(9-2-8-31-10-13-37-14-11-31)19-28(34)32(18-23-3-1-12-38-23)17-21-4-7-25-26(15-21)40-20-39-25/h1,3-7,12,15-16H,2,8-11,13-14,17-20H2. The second-order valence-electron chi connectivity index (χ2n) is 9.74. The molecule has 0 N–H and O–H groups in total. The van der Waals surface area contributed by atoms with Crippen LogP contribution in [0.15, 0.2) is 64.1 Å². The molecule has 0 saturated carbocycles. The van der Waals surface area contributed by atoms with Crippen LogP contribution in [-0.2, 0) is 32.6 Å². The maximum atomic E-state index is 13.9. The van der Waals surface area contributed by atoms with Crippen LogP contribution in [0, 0.1) is 0 Å². The molecule has 0 unspecified atom stereocenters. The summed E-state index contributed by atoms with van der Waals surface area (Å²) >= 11 is 12.4. The molecule has 2 aromatic carbocycles. The number of rotatable bonds is 12. The van der Waals surface area contributed by atoms with E-state index in [1.165, 1.54) is 28.8 Å². The number of ether oxygens (including phenoxy) is 3. The zero-order chi connectivity index (χ0) is 28.8. The molecule has 3 heterocycles. The van der Waals surface area contributed by atoms with Crippen molar-refractivity contribution in [3.8, 4) is 11.5 Å². The Labute approximate surface area is 249 Å². The number of sulfonamides is 1. The van der Waals surface area contributed by atoms with Crippen molar-refractivity contribution in [2.75, 3.05) is 52.7 Å². The van der Waals surface area contributed by atoms with E-state index in [1.807, 2.05) is 12.1 Å². The van der Waals surface area contributed by atoms with E-state index in [1.54, 1.807) is 23.1 Å². The number of hydrogen-bond acceptors (Lipinski definition) is 8. The van der Waals surface area contributed by atoms with Crippen molar-refractivity contribution in [2.24, 2.45) is 0 Å². The molecule has 0 spiro atoms. The van der Waals surface area contributed by atoms with Gasteiger partial charge in [-0.1, -0.05) is 29.3 Å². The first-order valence-corrected chi connectivity index (χ1v) is 15.4. The first-order chi connectivity index (χ1) is 19.8. The quantitative estimate of drug-likeness (QED) is 0.295. The van der Waals surface area contributed by atoms with Crippen LogP contribution in [0.3, 0.4) is 0 Å². The number of hydrogen-bond donors (Lipinski definition) is 0. The third-order valence-electron chi connectivity index (χ3n) is 6.90. The number of amides is 1. The molecule has 41 heavy (non-hydrogen) atoms. The molecule has 13 heteroatoms. The van der Waals surface area contributed by atoms with Crippen molar-refractivity contribution in [1.29, 1.82) is 0 Å². The molecule has 1 fully saturated rings. The summed E-state index contributed by atoms with van der Waals surface area (Å²) in [7, 11) is -4.16. The predicted octanol–water partition coefficient (Wildman–Crippen LogP) is 4.26. The Kier molecular flexibility index (Phi) is 9.74. The Morgan fingerprint density at radius 3 is 2.56 bits per heavy atom. The van der Waals surface area contributed by atoms with E-state index < -0.39 is 15.9 Å². The van der Waals surface area contributed by atoms with Crippen molar-refractivity contribution < 1.29 is 31.8 Å². The maximum absolute atomic E-state index is 13.9. The summed E-state index contributed by atoms with van der Waals surface area (Å²) in [5, 5.41) is 0.266. The van der Waals surface area contributed by atoms with Gasteiger partial charge in [-0.15, -0.1) is 0 Å². The summed E-state index contributed by atoms with van der Waals surface area (Å²) in [6.45, 7) is 3.72. The lowest BCUT2D eigenvalue weighted by Crippen LogP contribution is -2.44. The van der Waals surface area contributed by atoms with E-state index in [0.29, 0.717) is 43.4 Å². The van der Waals surface area contributed by atoms with Crippen molar-refractivity contribution >= 4 is 39.1 Å². The molecule has 0 radical (unpaired) electrons. The Bertz CT molecular complexity index is 1450. The van der Waals surface area contributed by atoms with Gasteiger partial charge in [0, 0.05) is 31.2 Å². The average Bonchev–Trinajstić information content (AvgIpc) is 3.66. The van der Waals surface area contributed by atoms with Crippen LogP contribution in [-0.4, -0.2) is 81.2 Å². The van der Waals surface area contributed by atoms with Gasteiger partial charge >= 0.3 is 0 Å². The zero-order valence-corrected chi connectivity index (χ0v) is 24.7. The summed E-state index contributed by atoms with van der Waals surface area (Å²) in [4.78, 5) is 17.5. The Hall–Kier alpha value is -2.80.